The SMILES string of the molecule is CC(=CC(C)(C)C)[C@H]1[C@@H](C=CC=CC(=O)O)[C@H]2[C@@H]([C@H]3C[C@]31C)[C@@H](O)CC[C@@H]2C. The maximum Gasteiger partial charge on any atom is 0.328 e. The van der Waals surface area contributed by atoms with Gasteiger partial charge in [0.15, 0.2) is 0 Å². The minimum atomic E-state index is -0.915. The van der Waals surface area contributed by atoms with E-state index in [1.165, 1.54) is 18.1 Å². The number of rotatable bonds is 4. The van der Waals surface area contributed by atoms with Crippen LogP contribution in [0.2, 0.25) is 0 Å². The number of aliphatic hydroxyl groups excluding tert-OH is 1. The number of aliphatic carboxylic acids is 1. The molecule has 0 aromatic carbocycles. The van der Waals surface area contributed by atoms with Crippen molar-refractivity contribution < 1.29 is 15.0 Å². The van der Waals surface area contributed by atoms with E-state index in [2.05, 4.69) is 53.7 Å². The summed E-state index contributed by atoms with van der Waals surface area (Å²) < 4.78 is 0. The molecule has 28 heavy (non-hydrogen) atoms. The van der Waals surface area contributed by atoms with Gasteiger partial charge in [-0.25, -0.2) is 4.79 Å². The zero-order valence-electron chi connectivity index (χ0n) is 18.4. The molecule has 0 aromatic heterocycles. The Hall–Kier alpha value is -1.35. The molecule has 0 heterocycles. The van der Waals surface area contributed by atoms with E-state index < -0.39 is 5.97 Å². The summed E-state index contributed by atoms with van der Waals surface area (Å²) in [6.45, 7) is 13.8. The first-order valence-corrected chi connectivity index (χ1v) is 10.9. The van der Waals surface area contributed by atoms with Crippen molar-refractivity contribution in [1.82, 2.24) is 0 Å². The molecule has 156 valence electrons. The molecular formula is C25H38O3. The smallest absolute Gasteiger partial charge is 0.328 e. The van der Waals surface area contributed by atoms with Gasteiger partial charge in [0.1, 0.15) is 0 Å². The lowest BCUT2D eigenvalue weighted by Crippen LogP contribution is -2.49. The van der Waals surface area contributed by atoms with Gasteiger partial charge < -0.3 is 10.2 Å². The number of carboxylic acid groups (broad SMARTS) is 1. The third-order valence-corrected chi connectivity index (χ3v) is 7.65. The second-order valence-corrected chi connectivity index (χ2v) is 11.0. The van der Waals surface area contributed by atoms with Gasteiger partial charge in [-0.3, -0.25) is 0 Å². The first kappa shape index (κ1) is 21.4. The van der Waals surface area contributed by atoms with Crippen molar-refractivity contribution in [3.05, 3.63) is 36.0 Å². The monoisotopic (exact) mass is 386 g/mol. The average Bonchev–Trinajstić information content (AvgIpc) is 3.23. The Morgan fingerprint density at radius 2 is 1.82 bits per heavy atom. The summed E-state index contributed by atoms with van der Waals surface area (Å²) in [4.78, 5) is 10.8. The topological polar surface area (TPSA) is 57.5 Å². The fraction of sp³-hybridized carbons (Fsp3) is 0.720. The molecule has 0 aromatic rings. The third kappa shape index (κ3) is 4.01. The fourth-order valence-electron chi connectivity index (χ4n) is 6.80. The third-order valence-electron chi connectivity index (χ3n) is 7.65. The van der Waals surface area contributed by atoms with E-state index in [4.69, 9.17) is 5.11 Å². The largest absolute Gasteiger partial charge is 0.478 e. The van der Waals surface area contributed by atoms with E-state index in [9.17, 15) is 9.90 Å². The van der Waals surface area contributed by atoms with Crippen molar-refractivity contribution >= 4 is 5.97 Å². The van der Waals surface area contributed by atoms with Crippen LogP contribution in [-0.4, -0.2) is 22.3 Å². The molecule has 8 atom stereocenters. The Balaban J connectivity index is 2.03. The van der Waals surface area contributed by atoms with E-state index in [-0.39, 0.29) is 16.9 Å². The molecule has 0 aliphatic heterocycles. The van der Waals surface area contributed by atoms with Crippen LogP contribution in [-0.2, 0) is 4.79 Å². The van der Waals surface area contributed by atoms with E-state index in [0.29, 0.717) is 35.5 Å². The lowest BCUT2D eigenvalue weighted by Gasteiger charge is -2.52. The van der Waals surface area contributed by atoms with Crippen molar-refractivity contribution in [1.29, 1.82) is 0 Å². The number of allylic oxidation sites excluding steroid dienone is 5. The fourth-order valence-corrected chi connectivity index (χ4v) is 6.80. The Morgan fingerprint density at radius 1 is 1.14 bits per heavy atom. The summed E-state index contributed by atoms with van der Waals surface area (Å²) in [5.74, 6) is 1.93. The van der Waals surface area contributed by atoms with Gasteiger partial charge in [-0.2, -0.15) is 0 Å². The minimum absolute atomic E-state index is 0.136. The predicted molar refractivity (Wildman–Crippen MR) is 114 cm³/mol. The lowest BCUT2D eigenvalue weighted by molar-refractivity contribution is -0.131. The van der Waals surface area contributed by atoms with Crippen molar-refractivity contribution in [2.45, 2.75) is 66.9 Å². The molecular weight excluding hydrogens is 348 g/mol. The van der Waals surface area contributed by atoms with E-state index in [1.807, 2.05) is 6.08 Å². The number of aliphatic hydroxyl groups is 1. The number of hydrogen-bond acceptors (Lipinski definition) is 2. The highest BCUT2D eigenvalue weighted by atomic mass is 16.4. The van der Waals surface area contributed by atoms with Gasteiger partial charge in [-0.15, -0.1) is 0 Å². The molecule has 3 nitrogen and oxygen atoms in total. The summed E-state index contributed by atoms with van der Waals surface area (Å²) in [5.41, 5.74) is 1.84. The van der Waals surface area contributed by atoms with Gasteiger partial charge >= 0.3 is 5.97 Å². The molecule has 0 saturated heterocycles. The molecule has 2 N–H and O–H groups in total. The molecule has 3 heteroatoms. The van der Waals surface area contributed by atoms with Gasteiger partial charge in [-0.1, -0.05) is 64.5 Å². The van der Waals surface area contributed by atoms with Crippen LogP contribution in [0.3, 0.4) is 0 Å². The van der Waals surface area contributed by atoms with Gasteiger partial charge in [0.25, 0.3) is 0 Å². The normalized spacial score (nSPS) is 43.8. The van der Waals surface area contributed by atoms with Crippen LogP contribution in [0.25, 0.3) is 0 Å². The summed E-state index contributed by atoms with van der Waals surface area (Å²) in [6.07, 6.45) is 12.5. The standard InChI is InChI=1S/C25H38O3/c1-15-11-12-19(26)22-18-14-25(18,6)23(16(2)13-24(3,4)5)17(21(15)22)9-7-8-10-20(27)28/h7-10,13,15,17-19,21-23,26H,11-12,14H2,1-6H3,(H,27,28)/t15-,17-,18+,19-,21-,22-,23-,25+/m0/s1. The van der Waals surface area contributed by atoms with Gasteiger partial charge in [0.05, 0.1) is 6.10 Å². The second-order valence-electron chi connectivity index (χ2n) is 11.0. The van der Waals surface area contributed by atoms with Crippen LogP contribution in [0.4, 0.5) is 0 Å². The minimum Gasteiger partial charge on any atom is -0.478 e. The first-order chi connectivity index (χ1) is 13.0. The number of hydrogen-bond donors (Lipinski definition) is 2. The Morgan fingerprint density at radius 3 is 2.43 bits per heavy atom. The number of fused-ring (bicyclic) bond motifs is 3. The average molecular weight is 387 g/mol. The first-order valence-electron chi connectivity index (χ1n) is 10.9. The maximum absolute atomic E-state index is 10.9. The van der Waals surface area contributed by atoms with Crippen LogP contribution >= 0.6 is 0 Å². The molecule has 0 spiro atoms. The number of carbonyl (C=O) groups is 1. The summed E-state index contributed by atoms with van der Waals surface area (Å²) >= 11 is 0. The molecule has 3 aliphatic rings. The zero-order chi connectivity index (χ0) is 20.9. The molecule has 0 amide bonds. The Bertz CT molecular complexity index is 695. The van der Waals surface area contributed by atoms with Crippen LogP contribution < -0.4 is 0 Å². The van der Waals surface area contributed by atoms with Crippen molar-refractivity contribution in [2.75, 3.05) is 0 Å². The van der Waals surface area contributed by atoms with Crippen molar-refractivity contribution in [3.8, 4) is 0 Å². The quantitative estimate of drug-likeness (QED) is 0.382. The molecule has 3 fully saturated rings. The van der Waals surface area contributed by atoms with Crippen molar-refractivity contribution in [3.63, 3.8) is 0 Å². The Kier molecular flexibility index (Phi) is 5.71. The van der Waals surface area contributed by atoms with Crippen LogP contribution in [0, 0.1) is 46.3 Å². The molecule has 3 rings (SSSR count). The predicted octanol–water partition coefficient (Wildman–Crippen LogP) is 5.47. The highest BCUT2D eigenvalue weighted by Crippen LogP contribution is 2.73. The molecule has 3 aliphatic carbocycles. The highest BCUT2D eigenvalue weighted by Gasteiger charge is 2.68. The van der Waals surface area contributed by atoms with Crippen LogP contribution in [0.1, 0.15) is 60.8 Å². The van der Waals surface area contributed by atoms with Gasteiger partial charge in [0, 0.05) is 6.08 Å². The lowest BCUT2D eigenvalue weighted by atomic mass is 9.53. The zero-order valence-corrected chi connectivity index (χ0v) is 18.4. The molecule has 0 radical (unpaired) electrons. The van der Waals surface area contributed by atoms with Crippen LogP contribution in [0.5, 0.6) is 0 Å². The maximum atomic E-state index is 10.9. The van der Waals surface area contributed by atoms with Gasteiger partial charge in [0.2, 0.25) is 0 Å². The van der Waals surface area contributed by atoms with Crippen molar-refractivity contribution in [2.24, 2.45) is 46.3 Å². The molecule has 3 saturated carbocycles. The van der Waals surface area contributed by atoms with E-state index in [1.54, 1.807) is 6.08 Å². The van der Waals surface area contributed by atoms with Crippen LogP contribution in [0.15, 0.2) is 36.0 Å². The number of carboxylic acids is 1. The van der Waals surface area contributed by atoms with Gasteiger partial charge in [-0.05, 0) is 72.5 Å². The highest BCUT2D eigenvalue weighted by molar-refractivity contribution is 5.80. The second kappa shape index (κ2) is 7.48. The molecule has 0 bridgehead atoms. The Labute approximate surface area is 170 Å². The van der Waals surface area contributed by atoms with E-state index in [0.717, 1.165) is 12.8 Å². The summed E-state index contributed by atoms with van der Waals surface area (Å²) in [7, 11) is 0. The summed E-state index contributed by atoms with van der Waals surface area (Å²) in [5, 5.41) is 19.8. The summed E-state index contributed by atoms with van der Waals surface area (Å²) in [6, 6.07) is 0. The van der Waals surface area contributed by atoms with E-state index >= 15 is 0 Å². The molecule has 0 unspecified atom stereocenters.